The molecule has 0 bridgehead atoms. The van der Waals surface area contributed by atoms with Crippen LogP contribution in [0.15, 0.2) is 18.2 Å². The Hall–Kier alpha value is -1.53. The van der Waals surface area contributed by atoms with Gasteiger partial charge >= 0.3 is 5.97 Å². The van der Waals surface area contributed by atoms with E-state index in [4.69, 9.17) is 16.3 Å². The Morgan fingerprint density at radius 3 is 2.88 bits per heavy atom. The van der Waals surface area contributed by atoms with E-state index < -0.39 is 5.41 Å². The van der Waals surface area contributed by atoms with Crippen molar-refractivity contribution < 1.29 is 9.53 Å². The summed E-state index contributed by atoms with van der Waals surface area (Å²) >= 11 is 5.95. The van der Waals surface area contributed by atoms with Crippen molar-refractivity contribution in [1.82, 2.24) is 0 Å². The number of benzene rings is 1. The number of esters is 1. The molecule has 1 aromatic rings. The van der Waals surface area contributed by atoms with Crippen LogP contribution in [0.1, 0.15) is 17.5 Å². The zero-order valence-corrected chi connectivity index (χ0v) is 10.4. The topological polar surface area (TPSA) is 50.1 Å². The number of aryl methyl sites for hydroxylation is 1. The van der Waals surface area contributed by atoms with Crippen LogP contribution in [0.2, 0.25) is 5.02 Å². The second-order valence-corrected chi connectivity index (χ2v) is 4.73. The summed E-state index contributed by atoms with van der Waals surface area (Å²) in [4.78, 5) is 11.5. The number of hydrogen-bond donors (Lipinski definition) is 0. The van der Waals surface area contributed by atoms with Gasteiger partial charge in [-0.1, -0.05) is 23.7 Å². The summed E-state index contributed by atoms with van der Waals surface area (Å²) in [7, 11) is 1.34. The third-order valence-electron chi connectivity index (χ3n) is 3.32. The minimum Gasteiger partial charge on any atom is -0.469 e. The Balaban J connectivity index is 2.36. The number of halogens is 1. The van der Waals surface area contributed by atoms with Crippen molar-refractivity contribution in [3.8, 4) is 6.07 Å². The molecule has 0 saturated heterocycles. The van der Waals surface area contributed by atoms with Crippen LogP contribution in [-0.4, -0.2) is 13.1 Å². The summed E-state index contributed by atoms with van der Waals surface area (Å²) in [6.07, 6.45) is 0.525. The fourth-order valence-corrected chi connectivity index (χ4v) is 2.24. The Labute approximate surface area is 105 Å². The lowest BCUT2D eigenvalue weighted by molar-refractivity contribution is -0.142. The molecule has 17 heavy (non-hydrogen) atoms. The van der Waals surface area contributed by atoms with Crippen molar-refractivity contribution in [1.29, 1.82) is 5.26 Å². The number of rotatable bonds is 2. The third kappa shape index (κ3) is 1.79. The standard InChI is InChI=1S/C13H12ClNO2/c1-8-5-9(3-4-11(8)14)13(7-15)6-10(13)12(16)17-2/h3-5,10H,6H2,1-2H3/t10?,13-/m1/s1. The van der Waals surface area contributed by atoms with Crippen molar-refractivity contribution in [2.75, 3.05) is 7.11 Å². The minimum absolute atomic E-state index is 0.320. The lowest BCUT2D eigenvalue weighted by atomic mass is 9.93. The molecule has 0 radical (unpaired) electrons. The summed E-state index contributed by atoms with van der Waals surface area (Å²) in [5, 5.41) is 9.96. The number of hydrogen-bond acceptors (Lipinski definition) is 3. The van der Waals surface area contributed by atoms with Gasteiger partial charge in [0.05, 0.1) is 24.5 Å². The van der Waals surface area contributed by atoms with Crippen LogP contribution < -0.4 is 0 Å². The van der Waals surface area contributed by atoms with Gasteiger partial charge in [-0.05, 0) is 30.5 Å². The number of nitriles is 1. The second-order valence-electron chi connectivity index (χ2n) is 4.33. The number of methoxy groups -OCH3 is 1. The molecule has 1 aliphatic carbocycles. The molecular formula is C13H12ClNO2. The van der Waals surface area contributed by atoms with Gasteiger partial charge < -0.3 is 4.74 Å². The fourth-order valence-electron chi connectivity index (χ4n) is 2.12. The van der Waals surface area contributed by atoms with E-state index in [1.807, 2.05) is 19.1 Å². The number of carbonyl (C=O) groups excluding carboxylic acids is 1. The van der Waals surface area contributed by atoms with E-state index in [2.05, 4.69) is 6.07 Å². The van der Waals surface area contributed by atoms with Crippen LogP contribution in [-0.2, 0) is 14.9 Å². The smallest absolute Gasteiger partial charge is 0.310 e. The van der Waals surface area contributed by atoms with Crippen molar-refractivity contribution in [2.45, 2.75) is 18.8 Å². The maximum absolute atomic E-state index is 11.5. The first-order chi connectivity index (χ1) is 8.05. The van der Waals surface area contributed by atoms with Crippen molar-refractivity contribution >= 4 is 17.6 Å². The predicted octanol–water partition coefficient (Wildman–Crippen LogP) is 2.60. The normalized spacial score (nSPS) is 26.1. The van der Waals surface area contributed by atoms with Gasteiger partial charge in [0, 0.05) is 5.02 Å². The minimum atomic E-state index is -0.720. The fraction of sp³-hybridized carbons (Fsp3) is 0.385. The van der Waals surface area contributed by atoms with Crippen LogP contribution in [0.25, 0.3) is 0 Å². The molecule has 0 aliphatic heterocycles. The van der Waals surface area contributed by atoms with Crippen LogP contribution in [0.4, 0.5) is 0 Å². The Kier molecular flexibility index (Phi) is 2.84. The largest absolute Gasteiger partial charge is 0.469 e. The summed E-state index contributed by atoms with van der Waals surface area (Å²) < 4.78 is 4.69. The zero-order chi connectivity index (χ0) is 12.6. The van der Waals surface area contributed by atoms with Crippen LogP contribution in [0.5, 0.6) is 0 Å². The van der Waals surface area contributed by atoms with E-state index in [0.29, 0.717) is 11.4 Å². The summed E-state index contributed by atoms with van der Waals surface area (Å²) in [6, 6.07) is 7.68. The summed E-state index contributed by atoms with van der Waals surface area (Å²) in [5.41, 5.74) is 1.04. The second kappa shape index (κ2) is 4.05. The first-order valence-electron chi connectivity index (χ1n) is 5.31. The molecule has 1 aromatic carbocycles. The molecule has 0 aromatic heterocycles. The molecule has 1 fully saturated rings. The summed E-state index contributed by atoms with van der Waals surface area (Å²) in [6.45, 7) is 1.88. The van der Waals surface area contributed by atoms with Crippen LogP contribution in [0.3, 0.4) is 0 Å². The third-order valence-corrected chi connectivity index (χ3v) is 3.74. The SMILES string of the molecule is COC(=O)C1C[C@@]1(C#N)c1ccc(Cl)c(C)c1. The van der Waals surface area contributed by atoms with Gasteiger partial charge in [0.1, 0.15) is 0 Å². The van der Waals surface area contributed by atoms with Gasteiger partial charge in [-0.2, -0.15) is 5.26 Å². The highest BCUT2D eigenvalue weighted by molar-refractivity contribution is 6.31. The molecule has 0 spiro atoms. The van der Waals surface area contributed by atoms with Crippen molar-refractivity contribution in [3.05, 3.63) is 34.3 Å². The molecule has 1 unspecified atom stereocenters. The number of carbonyl (C=O) groups is 1. The Morgan fingerprint density at radius 1 is 1.65 bits per heavy atom. The van der Waals surface area contributed by atoms with E-state index in [1.165, 1.54) is 7.11 Å². The lowest BCUT2D eigenvalue weighted by Gasteiger charge is -2.10. The molecule has 1 aliphatic rings. The molecule has 2 rings (SSSR count). The van der Waals surface area contributed by atoms with Gasteiger partial charge in [-0.15, -0.1) is 0 Å². The zero-order valence-electron chi connectivity index (χ0n) is 9.66. The first-order valence-corrected chi connectivity index (χ1v) is 5.68. The molecule has 4 heteroatoms. The monoisotopic (exact) mass is 249 g/mol. The first kappa shape index (κ1) is 11.9. The van der Waals surface area contributed by atoms with Crippen LogP contribution in [0, 0.1) is 24.2 Å². The Bertz CT molecular complexity index is 521. The van der Waals surface area contributed by atoms with E-state index in [9.17, 15) is 10.1 Å². The highest BCUT2D eigenvalue weighted by Crippen LogP contribution is 2.54. The van der Waals surface area contributed by atoms with Gasteiger partial charge in [0.2, 0.25) is 0 Å². The molecule has 0 amide bonds. The molecule has 0 N–H and O–H groups in total. The Morgan fingerprint density at radius 2 is 2.35 bits per heavy atom. The van der Waals surface area contributed by atoms with Gasteiger partial charge in [0.25, 0.3) is 0 Å². The van der Waals surface area contributed by atoms with Gasteiger partial charge in [-0.3, -0.25) is 4.79 Å². The number of nitrogens with zero attached hydrogens (tertiary/aromatic N) is 1. The van der Waals surface area contributed by atoms with E-state index in [-0.39, 0.29) is 11.9 Å². The maximum atomic E-state index is 11.5. The van der Waals surface area contributed by atoms with Crippen molar-refractivity contribution in [2.24, 2.45) is 5.92 Å². The van der Waals surface area contributed by atoms with Gasteiger partial charge in [-0.25, -0.2) is 0 Å². The lowest BCUT2D eigenvalue weighted by Crippen LogP contribution is -2.14. The predicted molar refractivity (Wildman–Crippen MR) is 63.6 cm³/mol. The molecule has 2 atom stereocenters. The highest BCUT2D eigenvalue weighted by atomic mass is 35.5. The van der Waals surface area contributed by atoms with E-state index in [1.54, 1.807) is 6.07 Å². The maximum Gasteiger partial charge on any atom is 0.310 e. The van der Waals surface area contributed by atoms with E-state index >= 15 is 0 Å². The number of ether oxygens (including phenoxy) is 1. The molecule has 1 saturated carbocycles. The van der Waals surface area contributed by atoms with Crippen molar-refractivity contribution in [3.63, 3.8) is 0 Å². The van der Waals surface area contributed by atoms with Gasteiger partial charge in [0.15, 0.2) is 0 Å². The summed E-state index contributed by atoms with van der Waals surface area (Å²) in [5.74, 6) is -0.669. The highest BCUT2D eigenvalue weighted by Gasteiger charge is 2.61. The van der Waals surface area contributed by atoms with E-state index in [0.717, 1.165) is 11.1 Å². The average Bonchev–Trinajstić information content (AvgIpc) is 3.07. The molecule has 88 valence electrons. The average molecular weight is 250 g/mol. The van der Waals surface area contributed by atoms with Crippen LogP contribution >= 0.6 is 11.6 Å². The molecule has 0 heterocycles. The molecular weight excluding hydrogens is 238 g/mol. The quantitative estimate of drug-likeness (QED) is 0.757. The molecule has 3 nitrogen and oxygen atoms in total.